The summed E-state index contributed by atoms with van der Waals surface area (Å²) in [6.45, 7) is 0. The fourth-order valence-corrected chi connectivity index (χ4v) is 0. The minimum Gasteiger partial charge on any atom is -0.450 e. The van der Waals surface area contributed by atoms with Crippen LogP contribution in [0.25, 0.3) is 0 Å². The molecule has 0 fully saturated rings. The molecule has 0 aliphatic rings. The van der Waals surface area contributed by atoms with E-state index in [1.54, 1.807) is 0 Å². The second kappa shape index (κ2) is 9.02. The summed E-state index contributed by atoms with van der Waals surface area (Å²) in [6.07, 6.45) is -1.83. The van der Waals surface area contributed by atoms with Gasteiger partial charge >= 0.3 is 6.16 Å². The fourth-order valence-electron chi connectivity index (χ4n) is 0. The maximum absolute atomic E-state index is 8.56. The van der Waals surface area contributed by atoms with E-state index in [0.717, 1.165) is 0 Å². The van der Waals surface area contributed by atoms with Crippen molar-refractivity contribution >= 4 is 96.5 Å². The van der Waals surface area contributed by atoms with Gasteiger partial charge in [0.2, 0.25) is 0 Å². The summed E-state index contributed by atoms with van der Waals surface area (Å²) >= 11 is 9.13. The van der Waals surface area contributed by atoms with Crippen LogP contribution < -0.4 is 0 Å². The van der Waals surface area contributed by atoms with Crippen LogP contribution in [0.1, 0.15) is 0 Å². The van der Waals surface area contributed by atoms with Crippen molar-refractivity contribution in [2.45, 2.75) is 0 Å². The van der Waals surface area contributed by atoms with Gasteiger partial charge in [-0.25, -0.2) is 4.79 Å². The maximum Gasteiger partial charge on any atom is 0.503 e. The van der Waals surface area contributed by atoms with Gasteiger partial charge < -0.3 is 10.2 Å². The summed E-state index contributed by atoms with van der Waals surface area (Å²) in [5, 5.41) is 13.9. The molecular weight excluding hydrogens is 592 g/mol. The number of hydrogen-bond donors (Lipinski definition) is 2. The van der Waals surface area contributed by atoms with Crippen molar-refractivity contribution in [2.75, 3.05) is 0 Å². The third-order valence-electron chi connectivity index (χ3n) is 0.143. The molecule has 0 atom stereocenters. The lowest BCUT2D eigenvalue weighted by Gasteiger charge is -1.78. The van der Waals surface area contributed by atoms with Gasteiger partial charge in [0.05, 0.1) is 3.17 Å². The van der Waals surface area contributed by atoms with Gasteiger partial charge in [0, 0.05) is 0 Å². The molecule has 0 spiro atoms. The zero-order chi connectivity index (χ0) is 8.73. The highest BCUT2D eigenvalue weighted by atomic mass is 127. The second-order valence-corrected chi connectivity index (χ2v) is 9.25. The molecule has 0 saturated carbocycles. The van der Waals surface area contributed by atoms with E-state index in [0.29, 0.717) is 0 Å². The van der Waals surface area contributed by atoms with Crippen LogP contribution in [-0.2, 0) is 0 Å². The molecule has 60 valence electrons. The van der Waals surface area contributed by atoms with Crippen molar-refractivity contribution in [3.8, 4) is 0 Å². The van der Waals surface area contributed by atoms with Crippen molar-refractivity contribution in [3.05, 3.63) is 3.17 Å². The van der Waals surface area contributed by atoms with Crippen molar-refractivity contribution in [1.29, 1.82) is 0 Å². The Labute approximate surface area is 113 Å². The summed E-state index contributed by atoms with van der Waals surface area (Å²) < 4.78 is 2.68. The summed E-state index contributed by atoms with van der Waals surface area (Å²) in [4.78, 5) is 8.56. The summed E-state index contributed by atoms with van der Waals surface area (Å²) in [5.74, 6) is 0. The van der Waals surface area contributed by atoms with Crippen LogP contribution in [0.2, 0.25) is 0 Å². The van der Waals surface area contributed by atoms with E-state index in [4.69, 9.17) is 15.0 Å². The fraction of sp³-hybridized carbons (Fsp3) is 0. The molecule has 0 aromatic heterocycles. The Morgan fingerprint density at radius 2 is 1.00 bits per heavy atom. The van der Waals surface area contributed by atoms with Gasteiger partial charge in [-0.2, -0.15) is 0 Å². The van der Waals surface area contributed by atoms with Crippen molar-refractivity contribution in [3.63, 3.8) is 0 Å². The third-order valence-corrected chi connectivity index (χ3v) is 6.43. The zero-order valence-corrected chi connectivity index (χ0v) is 12.9. The SMILES string of the molecule is IC(I)=C(I)I.O=C(O)O. The summed E-state index contributed by atoms with van der Waals surface area (Å²) in [7, 11) is 0. The first-order valence-electron chi connectivity index (χ1n) is 1.66. The lowest BCUT2D eigenvalue weighted by atomic mass is 11.3. The molecule has 0 rings (SSSR count). The van der Waals surface area contributed by atoms with Crippen LogP contribution in [0.4, 0.5) is 4.79 Å². The van der Waals surface area contributed by atoms with Crippen molar-refractivity contribution in [2.24, 2.45) is 0 Å². The van der Waals surface area contributed by atoms with Gasteiger partial charge in [0.15, 0.2) is 0 Å². The smallest absolute Gasteiger partial charge is 0.450 e. The second-order valence-electron chi connectivity index (χ2n) is 0.803. The van der Waals surface area contributed by atoms with E-state index >= 15 is 0 Å². The van der Waals surface area contributed by atoms with Gasteiger partial charge in [-0.3, -0.25) is 0 Å². The number of carbonyl (C=O) groups is 1. The van der Waals surface area contributed by atoms with Gasteiger partial charge in [-0.1, -0.05) is 0 Å². The van der Waals surface area contributed by atoms with E-state index in [-0.39, 0.29) is 0 Å². The molecule has 2 N–H and O–H groups in total. The molecular formula is C3H2I4O3. The molecule has 0 aliphatic carbocycles. The van der Waals surface area contributed by atoms with Crippen LogP contribution in [0.5, 0.6) is 0 Å². The topological polar surface area (TPSA) is 57.5 Å². The van der Waals surface area contributed by atoms with Gasteiger partial charge in [0.25, 0.3) is 0 Å². The molecule has 0 aromatic carbocycles. The van der Waals surface area contributed by atoms with Gasteiger partial charge in [-0.05, 0) is 90.4 Å². The third kappa shape index (κ3) is 22.5. The number of halogens is 4. The molecule has 10 heavy (non-hydrogen) atoms. The standard InChI is InChI=1S/C2I4.CH2O3/c3-1(4)2(5)6;2-1(3)4/h;(H2,2,3,4). The quantitative estimate of drug-likeness (QED) is 0.417. The first-order chi connectivity index (χ1) is 4.37. The minimum atomic E-state index is -1.83. The number of carboxylic acid groups (broad SMARTS) is 2. The molecule has 0 amide bonds. The predicted molar refractivity (Wildman–Crippen MR) is 73.8 cm³/mol. The number of rotatable bonds is 0. The Bertz CT molecular complexity index is 121. The molecule has 0 bridgehead atoms. The lowest BCUT2D eigenvalue weighted by Crippen LogP contribution is -1.81. The van der Waals surface area contributed by atoms with Crippen LogP contribution >= 0.6 is 90.4 Å². The average Bonchev–Trinajstić information content (AvgIpc) is 1.63. The van der Waals surface area contributed by atoms with E-state index in [1.165, 1.54) is 3.17 Å². The van der Waals surface area contributed by atoms with E-state index in [9.17, 15) is 0 Å². The lowest BCUT2D eigenvalue weighted by molar-refractivity contribution is 0.137. The van der Waals surface area contributed by atoms with Crippen LogP contribution in [0.15, 0.2) is 3.17 Å². The first kappa shape index (κ1) is 14.5. The Morgan fingerprint density at radius 3 is 1.00 bits per heavy atom. The Balaban J connectivity index is 0. The van der Waals surface area contributed by atoms with Crippen LogP contribution in [0, 0.1) is 0 Å². The van der Waals surface area contributed by atoms with E-state index in [2.05, 4.69) is 90.4 Å². The minimum absolute atomic E-state index is 1.34. The van der Waals surface area contributed by atoms with Crippen LogP contribution in [0.3, 0.4) is 0 Å². The van der Waals surface area contributed by atoms with Gasteiger partial charge in [0.1, 0.15) is 0 Å². The highest BCUT2D eigenvalue weighted by Gasteiger charge is 1.85. The maximum atomic E-state index is 8.56. The van der Waals surface area contributed by atoms with Gasteiger partial charge in [-0.15, -0.1) is 0 Å². The zero-order valence-electron chi connectivity index (χ0n) is 4.31. The molecule has 0 unspecified atom stereocenters. The monoisotopic (exact) mass is 594 g/mol. The summed E-state index contributed by atoms with van der Waals surface area (Å²) in [5.41, 5.74) is 0. The van der Waals surface area contributed by atoms with Crippen LogP contribution in [-0.4, -0.2) is 16.4 Å². The molecule has 0 heterocycles. The molecule has 0 saturated heterocycles. The first-order valence-corrected chi connectivity index (χ1v) is 5.97. The summed E-state index contributed by atoms with van der Waals surface area (Å²) in [6, 6.07) is 0. The molecule has 0 aromatic rings. The Kier molecular flexibility index (Phi) is 13.0. The number of hydrogen-bond acceptors (Lipinski definition) is 1. The van der Waals surface area contributed by atoms with E-state index < -0.39 is 6.16 Å². The molecule has 0 aliphatic heterocycles. The molecule has 7 heteroatoms. The largest absolute Gasteiger partial charge is 0.503 e. The van der Waals surface area contributed by atoms with Crippen molar-refractivity contribution in [1.82, 2.24) is 0 Å². The van der Waals surface area contributed by atoms with E-state index in [1.807, 2.05) is 0 Å². The molecule has 3 nitrogen and oxygen atoms in total. The Morgan fingerprint density at radius 1 is 0.900 bits per heavy atom. The molecule has 0 radical (unpaired) electrons. The average molecular weight is 594 g/mol. The van der Waals surface area contributed by atoms with Crippen molar-refractivity contribution < 1.29 is 15.0 Å². The normalized spacial score (nSPS) is 7.20. The highest BCUT2D eigenvalue weighted by Crippen LogP contribution is 2.29. The predicted octanol–water partition coefficient (Wildman–Crippen LogP) is 4.08. The Hall–Kier alpha value is 1.93. The highest BCUT2D eigenvalue weighted by molar-refractivity contribution is 14.2.